The summed E-state index contributed by atoms with van der Waals surface area (Å²) in [6.07, 6.45) is -1.56. The molecule has 6 heteroatoms. The Morgan fingerprint density at radius 1 is 0.944 bits per heavy atom. The summed E-state index contributed by atoms with van der Waals surface area (Å²) in [6.45, 7) is 4.82. The normalized spacial score (nSPS) is 38.7. The van der Waals surface area contributed by atoms with Crippen LogP contribution in [0.25, 0.3) is 0 Å². The Hall–Kier alpha value is -0.240. The second-order valence-electron chi connectivity index (χ2n) is 5.04. The van der Waals surface area contributed by atoms with E-state index >= 15 is 0 Å². The van der Waals surface area contributed by atoms with Gasteiger partial charge in [-0.25, -0.2) is 0 Å². The second-order valence-corrected chi connectivity index (χ2v) is 5.04. The highest BCUT2D eigenvalue weighted by molar-refractivity contribution is 4.96. The predicted octanol–water partition coefficient (Wildman–Crippen LogP) is -0.684. The van der Waals surface area contributed by atoms with Crippen LogP contribution in [0.15, 0.2) is 0 Å². The van der Waals surface area contributed by atoms with Gasteiger partial charge >= 0.3 is 0 Å². The van der Waals surface area contributed by atoms with Crippen LogP contribution in [0, 0.1) is 0 Å². The van der Waals surface area contributed by atoms with Gasteiger partial charge in [0, 0.05) is 0 Å². The summed E-state index contributed by atoms with van der Waals surface area (Å²) in [5, 5.41) is 18.4. The Morgan fingerprint density at radius 3 is 1.67 bits per heavy atom. The van der Waals surface area contributed by atoms with Gasteiger partial charge in [0.25, 0.3) is 0 Å². The van der Waals surface area contributed by atoms with E-state index in [1.807, 2.05) is 0 Å². The van der Waals surface area contributed by atoms with Gasteiger partial charge in [-0.2, -0.15) is 0 Å². The first kappa shape index (κ1) is 14.2. The molecular formula is C12H22O6. The minimum atomic E-state index is -0.493. The lowest BCUT2D eigenvalue weighted by Gasteiger charge is -2.18. The van der Waals surface area contributed by atoms with Gasteiger partial charge in [-0.05, 0) is 13.8 Å². The highest BCUT2D eigenvalue weighted by Crippen LogP contribution is 2.30. The van der Waals surface area contributed by atoms with Crippen LogP contribution in [-0.4, -0.2) is 73.3 Å². The lowest BCUT2D eigenvalue weighted by Crippen LogP contribution is -2.35. The minimum absolute atomic E-state index is 0.136. The van der Waals surface area contributed by atoms with Gasteiger partial charge in [0.2, 0.25) is 0 Å². The van der Waals surface area contributed by atoms with Crippen molar-refractivity contribution >= 4 is 0 Å². The number of aliphatic hydroxyl groups excluding tert-OH is 2. The van der Waals surface area contributed by atoms with Crippen molar-refractivity contribution in [2.75, 3.05) is 26.4 Å². The second kappa shape index (κ2) is 6.27. The van der Waals surface area contributed by atoms with Crippen molar-refractivity contribution in [1.82, 2.24) is 0 Å². The third kappa shape index (κ3) is 3.40. The maximum Gasteiger partial charge on any atom is 0.115 e. The van der Waals surface area contributed by atoms with Gasteiger partial charge < -0.3 is 29.2 Å². The van der Waals surface area contributed by atoms with E-state index in [-0.39, 0.29) is 37.6 Å². The van der Waals surface area contributed by atoms with Crippen molar-refractivity contribution in [3.05, 3.63) is 0 Å². The van der Waals surface area contributed by atoms with E-state index in [1.54, 1.807) is 13.8 Å². The van der Waals surface area contributed by atoms with Crippen LogP contribution in [0.1, 0.15) is 13.8 Å². The molecule has 0 aromatic rings. The number of hydrogen-bond acceptors (Lipinski definition) is 6. The highest BCUT2D eigenvalue weighted by atomic mass is 16.6. The predicted molar refractivity (Wildman–Crippen MR) is 62.3 cm³/mol. The van der Waals surface area contributed by atoms with Crippen molar-refractivity contribution in [2.24, 2.45) is 0 Å². The van der Waals surface area contributed by atoms with Crippen molar-refractivity contribution in [3.63, 3.8) is 0 Å². The quantitative estimate of drug-likeness (QED) is 0.660. The van der Waals surface area contributed by atoms with Gasteiger partial charge in [-0.15, -0.1) is 0 Å². The molecule has 0 spiro atoms. The van der Waals surface area contributed by atoms with Crippen LogP contribution in [0.5, 0.6) is 0 Å². The Balaban J connectivity index is 1.79. The zero-order chi connectivity index (χ0) is 13.1. The smallest absolute Gasteiger partial charge is 0.115 e. The molecule has 2 aliphatic rings. The number of aliphatic hydroxyl groups is 2. The van der Waals surface area contributed by atoms with Gasteiger partial charge in [0.05, 0.1) is 38.6 Å². The van der Waals surface area contributed by atoms with Crippen LogP contribution in [0.4, 0.5) is 0 Å². The zero-order valence-corrected chi connectivity index (χ0v) is 10.8. The summed E-state index contributed by atoms with van der Waals surface area (Å²) in [6, 6.07) is 0. The molecule has 2 aliphatic heterocycles. The first-order chi connectivity index (χ1) is 8.58. The topological polar surface area (TPSA) is 77.4 Å². The highest BCUT2D eigenvalue weighted by Gasteiger charge is 2.48. The molecule has 2 rings (SSSR count). The largest absolute Gasteiger partial charge is 0.391 e. The molecule has 6 atom stereocenters. The average Bonchev–Trinajstić information content (AvgIpc) is 2.85. The molecule has 0 aliphatic carbocycles. The number of hydrogen-bond donors (Lipinski definition) is 2. The molecule has 0 aromatic carbocycles. The van der Waals surface area contributed by atoms with Gasteiger partial charge in [0.15, 0.2) is 0 Å². The van der Waals surface area contributed by atoms with E-state index in [0.29, 0.717) is 13.2 Å². The monoisotopic (exact) mass is 262 g/mol. The van der Waals surface area contributed by atoms with Crippen LogP contribution in [0.3, 0.4) is 0 Å². The van der Waals surface area contributed by atoms with E-state index in [0.717, 1.165) is 0 Å². The van der Waals surface area contributed by atoms with Gasteiger partial charge in [-0.1, -0.05) is 0 Å². The molecule has 2 N–H and O–H groups in total. The summed E-state index contributed by atoms with van der Waals surface area (Å²) in [4.78, 5) is 0. The first-order valence-corrected chi connectivity index (χ1v) is 6.40. The molecule has 2 saturated heterocycles. The molecular weight excluding hydrogens is 240 g/mol. The van der Waals surface area contributed by atoms with Gasteiger partial charge in [0.1, 0.15) is 24.4 Å². The molecule has 0 amide bonds. The molecule has 2 heterocycles. The molecule has 0 saturated carbocycles. The van der Waals surface area contributed by atoms with Crippen LogP contribution >= 0.6 is 0 Å². The molecule has 0 radical (unpaired) electrons. The van der Waals surface area contributed by atoms with Gasteiger partial charge in [-0.3, -0.25) is 0 Å². The van der Waals surface area contributed by atoms with Crippen LogP contribution in [0.2, 0.25) is 0 Å². The third-order valence-corrected chi connectivity index (χ3v) is 3.07. The Kier molecular flexibility index (Phi) is 4.94. The van der Waals surface area contributed by atoms with E-state index in [4.69, 9.17) is 18.9 Å². The fourth-order valence-electron chi connectivity index (χ4n) is 2.24. The van der Waals surface area contributed by atoms with Crippen molar-refractivity contribution in [2.45, 2.75) is 50.5 Å². The Labute approximate surface area is 107 Å². The lowest BCUT2D eigenvalue weighted by atomic mass is 10.1. The molecule has 6 nitrogen and oxygen atoms in total. The Morgan fingerprint density at radius 2 is 1.33 bits per heavy atom. The molecule has 18 heavy (non-hydrogen) atoms. The molecule has 106 valence electrons. The minimum Gasteiger partial charge on any atom is -0.391 e. The third-order valence-electron chi connectivity index (χ3n) is 3.07. The number of fused-ring (bicyclic) bond motifs is 1. The fourth-order valence-corrected chi connectivity index (χ4v) is 2.24. The van der Waals surface area contributed by atoms with Crippen molar-refractivity contribution in [1.29, 1.82) is 0 Å². The Bertz CT molecular complexity index is 231. The van der Waals surface area contributed by atoms with Crippen LogP contribution in [-0.2, 0) is 18.9 Å². The summed E-state index contributed by atoms with van der Waals surface area (Å²) in [5.74, 6) is 0. The molecule has 0 bridgehead atoms. The maximum atomic E-state index is 9.19. The average molecular weight is 262 g/mol. The standard InChI is InChI=1S/C12H22O6/c1-7(13)3-15-9-5-17-12-10(6-18-11(9)12)16-4-8(2)14/h7-14H,3-6H2,1-2H3. The SMILES string of the molecule is CC(O)COC1COC2C(OCC(C)O)COC12. The molecule has 6 unspecified atom stereocenters. The maximum absolute atomic E-state index is 9.19. The number of ether oxygens (including phenoxy) is 4. The summed E-state index contributed by atoms with van der Waals surface area (Å²) < 4.78 is 22.4. The van der Waals surface area contributed by atoms with E-state index < -0.39 is 12.2 Å². The lowest BCUT2D eigenvalue weighted by molar-refractivity contribution is -0.0727. The van der Waals surface area contributed by atoms with E-state index in [9.17, 15) is 10.2 Å². The van der Waals surface area contributed by atoms with E-state index in [1.165, 1.54) is 0 Å². The van der Waals surface area contributed by atoms with Crippen molar-refractivity contribution < 1.29 is 29.2 Å². The zero-order valence-electron chi connectivity index (χ0n) is 10.8. The summed E-state index contributed by atoms with van der Waals surface area (Å²) in [7, 11) is 0. The summed E-state index contributed by atoms with van der Waals surface area (Å²) in [5.41, 5.74) is 0. The summed E-state index contributed by atoms with van der Waals surface area (Å²) >= 11 is 0. The molecule has 0 aromatic heterocycles. The fraction of sp³-hybridized carbons (Fsp3) is 1.00. The number of rotatable bonds is 6. The van der Waals surface area contributed by atoms with E-state index in [2.05, 4.69) is 0 Å². The van der Waals surface area contributed by atoms with Crippen molar-refractivity contribution in [3.8, 4) is 0 Å². The first-order valence-electron chi connectivity index (χ1n) is 6.40. The van der Waals surface area contributed by atoms with Crippen LogP contribution < -0.4 is 0 Å². The molecule has 2 fully saturated rings.